The van der Waals surface area contributed by atoms with Crippen LogP contribution in [0.3, 0.4) is 0 Å². The first-order chi connectivity index (χ1) is 7.68. The van der Waals surface area contributed by atoms with Crippen LogP contribution < -0.4 is 0 Å². The van der Waals surface area contributed by atoms with Gasteiger partial charge < -0.3 is 4.74 Å². The Morgan fingerprint density at radius 2 is 2.06 bits per heavy atom. The van der Waals surface area contributed by atoms with Gasteiger partial charge in [-0.05, 0) is 18.6 Å². The van der Waals surface area contributed by atoms with Gasteiger partial charge in [0.15, 0.2) is 0 Å². The molecule has 1 aliphatic heterocycles. The van der Waals surface area contributed by atoms with Gasteiger partial charge in [-0.1, -0.05) is 18.2 Å². The van der Waals surface area contributed by atoms with Crippen LogP contribution in [0, 0.1) is 5.92 Å². The Bertz CT molecular complexity index is 421. The maximum absolute atomic E-state index is 11.7. The summed E-state index contributed by atoms with van der Waals surface area (Å²) in [5.41, 5.74) is 0. The average molecular weight is 242 g/mol. The molecule has 0 N–H and O–H groups in total. The van der Waals surface area contributed by atoms with E-state index in [0.717, 1.165) is 6.42 Å². The number of ether oxygens (including phenoxy) is 1. The van der Waals surface area contributed by atoms with E-state index in [4.69, 9.17) is 8.92 Å². The van der Waals surface area contributed by atoms with Gasteiger partial charge in [-0.2, -0.15) is 8.42 Å². The summed E-state index contributed by atoms with van der Waals surface area (Å²) in [5, 5.41) is 0. The highest BCUT2D eigenvalue weighted by atomic mass is 32.2. The summed E-state index contributed by atoms with van der Waals surface area (Å²) in [6, 6.07) is 8.18. The second kappa shape index (κ2) is 4.95. The van der Waals surface area contributed by atoms with Gasteiger partial charge in [0.1, 0.15) is 0 Å². The van der Waals surface area contributed by atoms with Crippen LogP contribution in [-0.2, 0) is 19.0 Å². The third kappa shape index (κ3) is 2.81. The van der Waals surface area contributed by atoms with E-state index in [-0.39, 0.29) is 17.4 Å². The van der Waals surface area contributed by atoms with Crippen molar-refractivity contribution in [2.75, 3.05) is 19.8 Å². The lowest BCUT2D eigenvalue weighted by Crippen LogP contribution is -2.14. The molecule has 2 rings (SSSR count). The molecule has 0 aliphatic carbocycles. The molecule has 1 aliphatic rings. The van der Waals surface area contributed by atoms with Gasteiger partial charge in [0.2, 0.25) is 0 Å². The fraction of sp³-hybridized carbons (Fsp3) is 0.455. The minimum Gasteiger partial charge on any atom is -0.381 e. The third-order valence-electron chi connectivity index (χ3n) is 2.51. The van der Waals surface area contributed by atoms with Crippen molar-refractivity contribution < 1.29 is 17.3 Å². The molecule has 1 aromatic rings. The van der Waals surface area contributed by atoms with Crippen LogP contribution in [0.2, 0.25) is 0 Å². The van der Waals surface area contributed by atoms with Crippen LogP contribution in [0.5, 0.6) is 0 Å². The molecule has 4 nitrogen and oxygen atoms in total. The second-order valence-corrected chi connectivity index (χ2v) is 5.40. The molecule has 0 amide bonds. The van der Waals surface area contributed by atoms with E-state index in [2.05, 4.69) is 0 Å². The van der Waals surface area contributed by atoms with Crippen LogP contribution in [-0.4, -0.2) is 28.2 Å². The first-order valence-corrected chi connectivity index (χ1v) is 6.61. The molecule has 0 radical (unpaired) electrons. The molecule has 1 aromatic carbocycles. The smallest absolute Gasteiger partial charge is 0.296 e. The number of hydrogen-bond donors (Lipinski definition) is 0. The molecule has 1 saturated heterocycles. The lowest BCUT2D eigenvalue weighted by molar-refractivity contribution is 0.168. The zero-order chi connectivity index (χ0) is 11.4. The molecular weight excluding hydrogens is 228 g/mol. The van der Waals surface area contributed by atoms with Crippen molar-refractivity contribution in [1.29, 1.82) is 0 Å². The summed E-state index contributed by atoms with van der Waals surface area (Å²) in [5.74, 6) is 0.193. The molecule has 5 heteroatoms. The topological polar surface area (TPSA) is 52.6 Å². The second-order valence-electron chi connectivity index (χ2n) is 3.78. The maximum atomic E-state index is 11.7. The van der Waals surface area contributed by atoms with Gasteiger partial charge in [-0.3, -0.25) is 4.18 Å². The lowest BCUT2D eigenvalue weighted by atomic mass is 10.1. The van der Waals surface area contributed by atoms with E-state index in [0.29, 0.717) is 13.2 Å². The normalized spacial score (nSPS) is 21.1. The van der Waals surface area contributed by atoms with Gasteiger partial charge in [0, 0.05) is 12.5 Å². The highest BCUT2D eigenvalue weighted by Gasteiger charge is 2.21. The highest BCUT2D eigenvalue weighted by molar-refractivity contribution is 7.86. The van der Waals surface area contributed by atoms with E-state index < -0.39 is 10.1 Å². The van der Waals surface area contributed by atoms with Gasteiger partial charge >= 0.3 is 0 Å². The summed E-state index contributed by atoms with van der Waals surface area (Å²) in [4.78, 5) is 0.203. The largest absolute Gasteiger partial charge is 0.381 e. The van der Waals surface area contributed by atoms with E-state index >= 15 is 0 Å². The Morgan fingerprint density at radius 1 is 1.31 bits per heavy atom. The van der Waals surface area contributed by atoms with Crippen molar-refractivity contribution >= 4 is 10.1 Å². The van der Waals surface area contributed by atoms with Crippen LogP contribution in [0.15, 0.2) is 35.2 Å². The molecule has 16 heavy (non-hydrogen) atoms. The zero-order valence-corrected chi connectivity index (χ0v) is 9.65. The summed E-state index contributed by atoms with van der Waals surface area (Å²) in [7, 11) is -3.60. The van der Waals surface area contributed by atoms with Gasteiger partial charge in [-0.25, -0.2) is 0 Å². The molecular formula is C11H14O4S. The van der Waals surface area contributed by atoms with Gasteiger partial charge in [-0.15, -0.1) is 0 Å². The summed E-state index contributed by atoms with van der Waals surface area (Å²) < 4.78 is 33.6. The van der Waals surface area contributed by atoms with Crippen LogP contribution in [0.4, 0.5) is 0 Å². The first kappa shape index (κ1) is 11.6. The maximum Gasteiger partial charge on any atom is 0.296 e. The summed E-state index contributed by atoms with van der Waals surface area (Å²) >= 11 is 0. The quantitative estimate of drug-likeness (QED) is 0.749. The van der Waals surface area contributed by atoms with Crippen LogP contribution in [0.1, 0.15) is 6.42 Å². The summed E-state index contributed by atoms with van der Waals surface area (Å²) in [6.07, 6.45) is 0.865. The van der Waals surface area contributed by atoms with Crippen molar-refractivity contribution in [3.05, 3.63) is 30.3 Å². The Kier molecular flexibility index (Phi) is 3.58. The number of rotatable bonds is 4. The number of benzene rings is 1. The van der Waals surface area contributed by atoms with Gasteiger partial charge in [0.05, 0.1) is 18.1 Å². The Morgan fingerprint density at radius 3 is 2.69 bits per heavy atom. The molecule has 0 saturated carbocycles. The van der Waals surface area contributed by atoms with E-state index in [1.807, 2.05) is 0 Å². The monoisotopic (exact) mass is 242 g/mol. The molecule has 1 atom stereocenters. The van der Waals surface area contributed by atoms with Crippen molar-refractivity contribution in [2.45, 2.75) is 11.3 Å². The average Bonchev–Trinajstić information content (AvgIpc) is 2.81. The van der Waals surface area contributed by atoms with Crippen molar-refractivity contribution in [3.8, 4) is 0 Å². The van der Waals surface area contributed by atoms with Crippen LogP contribution >= 0.6 is 0 Å². The third-order valence-corrected chi connectivity index (χ3v) is 3.81. The fourth-order valence-corrected chi connectivity index (χ4v) is 2.55. The Balaban J connectivity index is 1.98. The molecule has 0 spiro atoms. The first-order valence-electron chi connectivity index (χ1n) is 5.21. The minimum atomic E-state index is -3.60. The molecule has 1 fully saturated rings. The van der Waals surface area contributed by atoms with E-state index in [1.54, 1.807) is 18.2 Å². The molecule has 0 unspecified atom stereocenters. The SMILES string of the molecule is O=S(=O)(OC[C@@H]1CCOC1)c1ccccc1. The lowest BCUT2D eigenvalue weighted by Gasteiger charge is -2.08. The van der Waals surface area contributed by atoms with Gasteiger partial charge in [0.25, 0.3) is 10.1 Å². The van der Waals surface area contributed by atoms with Crippen molar-refractivity contribution in [3.63, 3.8) is 0 Å². The molecule has 0 bridgehead atoms. The summed E-state index contributed by atoms with van der Waals surface area (Å²) in [6.45, 7) is 1.49. The standard InChI is InChI=1S/C11H14O4S/c12-16(13,11-4-2-1-3-5-11)15-9-10-6-7-14-8-10/h1-5,10H,6-9H2/t10-/m1/s1. The fourth-order valence-electron chi connectivity index (χ4n) is 1.56. The number of hydrogen-bond acceptors (Lipinski definition) is 4. The molecule has 88 valence electrons. The van der Waals surface area contributed by atoms with E-state index in [1.165, 1.54) is 12.1 Å². The highest BCUT2D eigenvalue weighted by Crippen LogP contribution is 2.17. The van der Waals surface area contributed by atoms with Crippen molar-refractivity contribution in [1.82, 2.24) is 0 Å². The minimum absolute atomic E-state index is 0.193. The Labute approximate surface area is 95.3 Å². The molecule has 0 aromatic heterocycles. The predicted molar refractivity (Wildman–Crippen MR) is 58.5 cm³/mol. The van der Waals surface area contributed by atoms with E-state index in [9.17, 15) is 8.42 Å². The predicted octanol–water partition coefficient (Wildman–Crippen LogP) is 1.43. The van der Waals surface area contributed by atoms with Crippen LogP contribution in [0.25, 0.3) is 0 Å². The zero-order valence-electron chi connectivity index (χ0n) is 8.83. The molecule has 1 heterocycles. The van der Waals surface area contributed by atoms with Crippen molar-refractivity contribution in [2.24, 2.45) is 5.92 Å². The Hall–Kier alpha value is -0.910.